The topological polar surface area (TPSA) is 38.7 Å². The van der Waals surface area contributed by atoms with Crippen molar-refractivity contribution >= 4 is 0 Å². The molecule has 0 amide bonds. The van der Waals surface area contributed by atoms with Crippen LogP contribution in [-0.4, -0.2) is 31.2 Å². The third-order valence-corrected chi connectivity index (χ3v) is 5.57. The second kappa shape index (κ2) is 3.81. The van der Waals surface area contributed by atoms with Gasteiger partial charge in [-0.1, -0.05) is 19.4 Å². The quantitative estimate of drug-likeness (QED) is 0.605. The predicted molar refractivity (Wildman–Crippen MR) is 64.5 cm³/mol. The largest absolute Gasteiger partial charge is 0.386 e. The SMILES string of the molecule is C=C1[C@H](O)[C@H](OCOC)C23CCCC12CCC3. The van der Waals surface area contributed by atoms with Gasteiger partial charge in [0.25, 0.3) is 0 Å². The van der Waals surface area contributed by atoms with Crippen molar-refractivity contribution in [1.29, 1.82) is 0 Å². The number of aliphatic hydroxyl groups excluding tert-OH is 1. The third kappa shape index (κ3) is 1.23. The molecule has 3 saturated carbocycles. The lowest BCUT2D eigenvalue weighted by Gasteiger charge is -2.37. The Balaban J connectivity index is 1.97. The van der Waals surface area contributed by atoms with Gasteiger partial charge in [0.1, 0.15) is 12.9 Å². The first-order chi connectivity index (χ1) is 8.18. The zero-order valence-electron chi connectivity index (χ0n) is 10.6. The van der Waals surface area contributed by atoms with E-state index in [1.54, 1.807) is 7.11 Å². The summed E-state index contributed by atoms with van der Waals surface area (Å²) in [6.07, 6.45) is 6.64. The number of aliphatic hydroxyl groups is 1. The number of hydrogen-bond acceptors (Lipinski definition) is 3. The van der Waals surface area contributed by atoms with Crippen molar-refractivity contribution in [2.45, 2.75) is 50.7 Å². The summed E-state index contributed by atoms with van der Waals surface area (Å²) < 4.78 is 10.8. The fourth-order valence-corrected chi connectivity index (χ4v) is 5.00. The fourth-order valence-electron chi connectivity index (χ4n) is 5.00. The van der Waals surface area contributed by atoms with Crippen LogP contribution >= 0.6 is 0 Å². The number of methoxy groups -OCH3 is 1. The zero-order valence-corrected chi connectivity index (χ0v) is 10.6. The lowest BCUT2D eigenvalue weighted by Crippen LogP contribution is -2.40. The molecule has 0 unspecified atom stereocenters. The molecule has 17 heavy (non-hydrogen) atoms. The Morgan fingerprint density at radius 1 is 1.29 bits per heavy atom. The molecule has 0 spiro atoms. The van der Waals surface area contributed by atoms with Gasteiger partial charge in [0.05, 0.1) is 6.10 Å². The van der Waals surface area contributed by atoms with Crippen LogP contribution in [0.5, 0.6) is 0 Å². The minimum absolute atomic E-state index is 0.0973. The van der Waals surface area contributed by atoms with E-state index in [4.69, 9.17) is 9.47 Å². The summed E-state index contributed by atoms with van der Waals surface area (Å²) in [5.74, 6) is 0. The molecule has 3 fully saturated rings. The lowest BCUT2D eigenvalue weighted by atomic mass is 9.68. The van der Waals surface area contributed by atoms with Crippen molar-refractivity contribution < 1.29 is 14.6 Å². The van der Waals surface area contributed by atoms with E-state index < -0.39 is 6.10 Å². The monoisotopic (exact) mass is 238 g/mol. The molecule has 0 radical (unpaired) electrons. The van der Waals surface area contributed by atoms with Gasteiger partial charge < -0.3 is 14.6 Å². The van der Waals surface area contributed by atoms with Crippen molar-refractivity contribution in [2.75, 3.05) is 13.9 Å². The predicted octanol–water partition coefficient (Wildman–Crippen LogP) is 2.25. The molecule has 3 rings (SSSR count). The molecule has 0 aromatic heterocycles. The Morgan fingerprint density at radius 3 is 2.53 bits per heavy atom. The van der Waals surface area contributed by atoms with Crippen molar-refractivity contribution in [3.8, 4) is 0 Å². The first-order valence-electron chi connectivity index (χ1n) is 6.66. The molecule has 0 aromatic carbocycles. The van der Waals surface area contributed by atoms with Crippen LogP contribution in [0.3, 0.4) is 0 Å². The molecular formula is C14H22O3. The summed E-state index contributed by atoms with van der Waals surface area (Å²) in [4.78, 5) is 0. The summed E-state index contributed by atoms with van der Waals surface area (Å²) in [6, 6.07) is 0. The average molecular weight is 238 g/mol. The molecule has 3 nitrogen and oxygen atoms in total. The van der Waals surface area contributed by atoms with E-state index in [0.717, 1.165) is 5.57 Å². The summed E-state index contributed by atoms with van der Waals surface area (Å²) in [6.45, 7) is 4.46. The molecule has 96 valence electrons. The lowest BCUT2D eigenvalue weighted by molar-refractivity contribution is -0.142. The minimum atomic E-state index is -0.495. The molecular weight excluding hydrogens is 216 g/mol. The summed E-state index contributed by atoms with van der Waals surface area (Å²) in [5, 5.41) is 10.4. The first kappa shape index (κ1) is 11.7. The molecule has 1 N–H and O–H groups in total. The molecule has 3 aliphatic rings. The second-order valence-electron chi connectivity index (χ2n) is 5.91. The van der Waals surface area contributed by atoms with Gasteiger partial charge in [-0.25, -0.2) is 0 Å². The number of hydrogen-bond donors (Lipinski definition) is 1. The molecule has 0 aliphatic heterocycles. The van der Waals surface area contributed by atoms with E-state index in [0.29, 0.717) is 0 Å². The average Bonchev–Trinajstić information content (AvgIpc) is 2.87. The summed E-state index contributed by atoms with van der Waals surface area (Å²) in [7, 11) is 1.63. The van der Waals surface area contributed by atoms with Gasteiger partial charge in [-0.05, 0) is 31.3 Å². The highest BCUT2D eigenvalue weighted by atomic mass is 16.7. The van der Waals surface area contributed by atoms with Crippen molar-refractivity contribution in [2.24, 2.45) is 10.8 Å². The molecule has 0 heterocycles. The van der Waals surface area contributed by atoms with E-state index >= 15 is 0 Å². The Morgan fingerprint density at radius 2 is 1.94 bits per heavy atom. The van der Waals surface area contributed by atoms with Crippen LogP contribution in [0.2, 0.25) is 0 Å². The van der Waals surface area contributed by atoms with E-state index in [1.165, 1.54) is 38.5 Å². The Bertz CT molecular complexity index is 326. The third-order valence-electron chi connectivity index (χ3n) is 5.57. The van der Waals surface area contributed by atoms with E-state index in [2.05, 4.69) is 6.58 Å². The Labute approximate surface area is 103 Å². The molecule has 0 saturated heterocycles. The van der Waals surface area contributed by atoms with Crippen LogP contribution in [-0.2, 0) is 9.47 Å². The minimum Gasteiger partial charge on any atom is -0.386 e. The van der Waals surface area contributed by atoms with E-state index in [1.807, 2.05) is 0 Å². The highest BCUT2D eigenvalue weighted by Crippen LogP contribution is 2.72. The summed E-state index contributed by atoms with van der Waals surface area (Å²) >= 11 is 0. The van der Waals surface area contributed by atoms with Crippen molar-refractivity contribution in [1.82, 2.24) is 0 Å². The highest BCUT2D eigenvalue weighted by molar-refractivity contribution is 5.35. The van der Waals surface area contributed by atoms with Crippen LogP contribution < -0.4 is 0 Å². The van der Waals surface area contributed by atoms with E-state index in [-0.39, 0.29) is 23.7 Å². The normalized spacial score (nSPS) is 48.5. The number of rotatable bonds is 3. The van der Waals surface area contributed by atoms with Crippen molar-refractivity contribution in [3.63, 3.8) is 0 Å². The van der Waals surface area contributed by atoms with E-state index in [9.17, 15) is 5.11 Å². The maximum Gasteiger partial charge on any atom is 0.146 e. The van der Waals surface area contributed by atoms with Crippen molar-refractivity contribution in [3.05, 3.63) is 12.2 Å². The smallest absolute Gasteiger partial charge is 0.146 e. The maximum absolute atomic E-state index is 10.4. The Kier molecular flexibility index (Phi) is 2.62. The second-order valence-corrected chi connectivity index (χ2v) is 5.91. The van der Waals surface area contributed by atoms with Gasteiger partial charge in [-0.3, -0.25) is 0 Å². The van der Waals surface area contributed by atoms with Gasteiger partial charge in [0, 0.05) is 17.9 Å². The van der Waals surface area contributed by atoms with Gasteiger partial charge in [-0.15, -0.1) is 0 Å². The van der Waals surface area contributed by atoms with Crippen LogP contribution in [0.4, 0.5) is 0 Å². The van der Waals surface area contributed by atoms with Crippen LogP contribution in [0.1, 0.15) is 38.5 Å². The highest BCUT2D eigenvalue weighted by Gasteiger charge is 2.69. The standard InChI is InChI=1S/C14H22O3/c1-10-11(15)12(17-9-16-2)14-7-3-5-13(10,14)6-4-8-14/h11-12,15H,1,3-9H2,2H3/t11-,12-,13?,14?/m0/s1. The fraction of sp³-hybridized carbons (Fsp3) is 0.857. The molecule has 0 bridgehead atoms. The molecule has 2 atom stereocenters. The zero-order chi connectivity index (χ0) is 12.1. The van der Waals surface area contributed by atoms with Gasteiger partial charge in [-0.2, -0.15) is 0 Å². The van der Waals surface area contributed by atoms with Crippen LogP contribution in [0, 0.1) is 10.8 Å². The number of ether oxygens (including phenoxy) is 2. The van der Waals surface area contributed by atoms with Gasteiger partial charge in [0.15, 0.2) is 0 Å². The first-order valence-corrected chi connectivity index (χ1v) is 6.66. The molecule has 0 aromatic rings. The van der Waals surface area contributed by atoms with Crippen LogP contribution in [0.15, 0.2) is 12.2 Å². The maximum atomic E-state index is 10.4. The molecule has 3 aliphatic carbocycles. The van der Waals surface area contributed by atoms with Gasteiger partial charge >= 0.3 is 0 Å². The molecule has 3 heteroatoms. The van der Waals surface area contributed by atoms with Gasteiger partial charge in [0.2, 0.25) is 0 Å². The summed E-state index contributed by atoms with van der Waals surface area (Å²) in [5.41, 5.74) is 1.36. The van der Waals surface area contributed by atoms with Crippen LogP contribution in [0.25, 0.3) is 0 Å². The Hall–Kier alpha value is -0.380.